The highest BCUT2D eigenvalue weighted by Gasteiger charge is 2.45. The number of morpholine rings is 1. The van der Waals surface area contributed by atoms with Gasteiger partial charge in [0, 0.05) is 39.1 Å². The summed E-state index contributed by atoms with van der Waals surface area (Å²) in [6, 6.07) is 12.8. The summed E-state index contributed by atoms with van der Waals surface area (Å²) in [5.41, 5.74) is 3.37. The molecular weight excluding hydrogens is 378 g/mol. The number of benzene rings is 1. The second-order valence-electron chi connectivity index (χ2n) is 8.36. The fourth-order valence-electron chi connectivity index (χ4n) is 4.81. The van der Waals surface area contributed by atoms with E-state index in [2.05, 4.69) is 39.5 Å². The van der Waals surface area contributed by atoms with E-state index in [4.69, 9.17) is 9.47 Å². The average Bonchev–Trinajstić information content (AvgIpc) is 2.77. The number of pyridine rings is 1. The number of rotatable bonds is 6. The van der Waals surface area contributed by atoms with Crippen LogP contribution in [0.15, 0.2) is 48.8 Å². The molecule has 2 atom stereocenters. The maximum atomic E-state index is 12.2. The van der Waals surface area contributed by atoms with E-state index in [1.165, 1.54) is 16.7 Å². The third-order valence-electron chi connectivity index (χ3n) is 6.22. The number of amides is 1. The molecule has 0 bridgehead atoms. The lowest BCUT2D eigenvalue weighted by Gasteiger charge is -2.49. The van der Waals surface area contributed by atoms with Gasteiger partial charge < -0.3 is 14.8 Å². The lowest BCUT2D eigenvalue weighted by atomic mass is 9.78. The van der Waals surface area contributed by atoms with Crippen LogP contribution in [0.4, 0.5) is 0 Å². The van der Waals surface area contributed by atoms with Crippen LogP contribution in [0.1, 0.15) is 31.2 Å². The molecule has 0 unspecified atom stereocenters. The Balaban J connectivity index is 1.46. The van der Waals surface area contributed by atoms with Crippen molar-refractivity contribution in [2.75, 3.05) is 33.4 Å². The number of ether oxygens (including phenoxy) is 2. The molecule has 1 N–H and O–H groups in total. The summed E-state index contributed by atoms with van der Waals surface area (Å²) in [5.74, 6) is -0.0606. The van der Waals surface area contributed by atoms with Gasteiger partial charge in [0.25, 0.3) is 0 Å². The molecule has 160 valence electrons. The van der Waals surface area contributed by atoms with Gasteiger partial charge in [-0.05, 0) is 47.7 Å². The molecule has 1 spiro atoms. The third kappa shape index (κ3) is 4.89. The van der Waals surface area contributed by atoms with E-state index in [0.717, 1.165) is 45.3 Å². The monoisotopic (exact) mass is 409 g/mol. The van der Waals surface area contributed by atoms with Crippen molar-refractivity contribution in [3.63, 3.8) is 0 Å². The molecule has 1 aromatic heterocycles. The predicted octanol–water partition coefficient (Wildman–Crippen LogP) is 3.02. The molecule has 6 heteroatoms. The molecule has 30 heavy (non-hydrogen) atoms. The first-order valence-corrected chi connectivity index (χ1v) is 10.8. The van der Waals surface area contributed by atoms with Gasteiger partial charge in [-0.15, -0.1) is 0 Å². The Hall–Kier alpha value is -2.28. The lowest BCUT2D eigenvalue weighted by molar-refractivity contribution is -0.152. The lowest BCUT2D eigenvalue weighted by Crippen LogP contribution is -2.64. The number of nitrogens with zero attached hydrogens (tertiary/aromatic N) is 2. The molecule has 2 aliphatic rings. The topological polar surface area (TPSA) is 63.7 Å². The molecule has 6 nitrogen and oxygen atoms in total. The highest BCUT2D eigenvalue weighted by Crippen LogP contribution is 2.35. The van der Waals surface area contributed by atoms with Gasteiger partial charge in [-0.3, -0.25) is 14.7 Å². The number of hydrogen-bond donors (Lipinski definition) is 1. The number of nitrogens with one attached hydrogen (secondary N) is 1. The summed E-state index contributed by atoms with van der Waals surface area (Å²) in [5, 5.41) is 3.17. The van der Waals surface area contributed by atoms with Crippen LogP contribution >= 0.6 is 0 Å². The van der Waals surface area contributed by atoms with Crippen molar-refractivity contribution < 1.29 is 14.3 Å². The predicted molar refractivity (Wildman–Crippen MR) is 116 cm³/mol. The van der Waals surface area contributed by atoms with Crippen molar-refractivity contribution in [2.24, 2.45) is 0 Å². The fourth-order valence-corrected chi connectivity index (χ4v) is 4.81. The Kier molecular flexibility index (Phi) is 6.77. The zero-order chi connectivity index (χ0) is 20.8. The van der Waals surface area contributed by atoms with Crippen LogP contribution in [-0.2, 0) is 20.8 Å². The molecule has 1 saturated heterocycles. The van der Waals surface area contributed by atoms with Gasteiger partial charge in [-0.1, -0.05) is 31.0 Å². The second-order valence-corrected chi connectivity index (χ2v) is 8.36. The van der Waals surface area contributed by atoms with Crippen LogP contribution in [0, 0.1) is 0 Å². The van der Waals surface area contributed by atoms with E-state index in [1.807, 2.05) is 24.5 Å². The quantitative estimate of drug-likeness (QED) is 0.795. The van der Waals surface area contributed by atoms with Crippen molar-refractivity contribution >= 4 is 5.91 Å². The summed E-state index contributed by atoms with van der Waals surface area (Å²) in [6.07, 6.45) is 7.86. The Morgan fingerprint density at radius 2 is 2.13 bits per heavy atom. The second kappa shape index (κ2) is 9.69. The van der Waals surface area contributed by atoms with E-state index in [-0.39, 0.29) is 24.2 Å². The van der Waals surface area contributed by atoms with Crippen molar-refractivity contribution in [3.8, 4) is 11.1 Å². The first-order valence-electron chi connectivity index (χ1n) is 10.8. The first-order chi connectivity index (χ1) is 14.7. The standard InChI is InChI=1S/C24H31N3O3/c1-29-17-23(28)26-22-7-2-3-10-24(22)18-27(13-14-30-24)16-19-5-4-6-21(15-19)20-8-11-25-12-9-20/h4-6,8-9,11-12,15,22H,2-3,7,10,13-14,16-18H2,1H3,(H,26,28)/t22-,24-/m1/s1. The summed E-state index contributed by atoms with van der Waals surface area (Å²) < 4.78 is 11.4. The van der Waals surface area contributed by atoms with Crippen LogP contribution in [0.2, 0.25) is 0 Å². The van der Waals surface area contributed by atoms with Gasteiger partial charge in [0.15, 0.2) is 0 Å². The highest BCUT2D eigenvalue weighted by molar-refractivity contribution is 5.77. The molecule has 2 fully saturated rings. The minimum atomic E-state index is -0.303. The Labute approximate surface area is 178 Å². The minimum Gasteiger partial charge on any atom is -0.375 e. The van der Waals surface area contributed by atoms with Crippen molar-refractivity contribution in [1.82, 2.24) is 15.2 Å². The normalized spacial score (nSPS) is 24.6. The fraction of sp³-hybridized carbons (Fsp3) is 0.500. The van der Waals surface area contributed by atoms with Crippen LogP contribution in [0.5, 0.6) is 0 Å². The summed E-state index contributed by atoms with van der Waals surface area (Å²) in [6.45, 7) is 3.41. The Morgan fingerprint density at radius 1 is 1.27 bits per heavy atom. The largest absolute Gasteiger partial charge is 0.375 e. The molecule has 4 rings (SSSR count). The molecule has 1 aliphatic carbocycles. The van der Waals surface area contributed by atoms with Crippen molar-refractivity contribution in [2.45, 2.75) is 43.9 Å². The summed E-state index contributed by atoms with van der Waals surface area (Å²) in [4.78, 5) is 18.8. The van der Waals surface area contributed by atoms with E-state index in [9.17, 15) is 4.79 Å². The zero-order valence-corrected chi connectivity index (χ0v) is 17.7. The Morgan fingerprint density at radius 3 is 2.97 bits per heavy atom. The van der Waals surface area contributed by atoms with Gasteiger partial charge in [0.2, 0.25) is 5.91 Å². The molecule has 2 aromatic rings. The van der Waals surface area contributed by atoms with Crippen LogP contribution < -0.4 is 5.32 Å². The number of carbonyl (C=O) groups is 1. The highest BCUT2D eigenvalue weighted by atomic mass is 16.5. The number of methoxy groups -OCH3 is 1. The van der Waals surface area contributed by atoms with E-state index >= 15 is 0 Å². The number of hydrogen-bond acceptors (Lipinski definition) is 5. The summed E-state index contributed by atoms with van der Waals surface area (Å²) >= 11 is 0. The average molecular weight is 410 g/mol. The number of aromatic nitrogens is 1. The molecule has 1 aromatic carbocycles. The first kappa shape index (κ1) is 21.0. The van der Waals surface area contributed by atoms with Crippen molar-refractivity contribution in [1.29, 1.82) is 0 Å². The minimum absolute atomic E-state index is 0.0415. The van der Waals surface area contributed by atoms with Gasteiger partial charge in [0.1, 0.15) is 12.2 Å². The third-order valence-corrected chi connectivity index (χ3v) is 6.22. The zero-order valence-electron chi connectivity index (χ0n) is 17.7. The molecular formula is C24H31N3O3. The molecule has 1 saturated carbocycles. The van der Waals surface area contributed by atoms with Gasteiger partial charge in [0.05, 0.1) is 12.6 Å². The molecule has 2 heterocycles. The SMILES string of the molecule is COCC(=O)N[C@@H]1CCCC[C@@]12CN(Cc1cccc(-c3ccncc3)c1)CCO2. The maximum absolute atomic E-state index is 12.2. The van der Waals surface area contributed by atoms with Crippen molar-refractivity contribution in [3.05, 3.63) is 54.4 Å². The maximum Gasteiger partial charge on any atom is 0.246 e. The van der Waals surface area contributed by atoms with Crippen LogP contribution in [0.25, 0.3) is 11.1 Å². The summed E-state index contributed by atoms with van der Waals surface area (Å²) in [7, 11) is 1.55. The van der Waals surface area contributed by atoms with E-state index < -0.39 is 0 Å². The van der Waals surface area contributed by atoms with E-state index in [1.54, 1.807) is 7.11 Å². The smallest absolute Gasteiger partial charge is 0.246 e. The molecule has 1 aliphatic heterocycles. The van der Waals surface area contributed by atoms with Crippen LogP contribution in [-0.4, -0.2) is 60.8 Å². The molecule has 1 amide bonds. The van der Waals surface area contributed by atoms with Crippen LogP contribution in [0.3, 0.4) is 0 Å². The van der Waals surface area contributed by atoms with E-state index in [0.29, 0.717) is 6.61 Å². The van der Waals surface area contributed by atoms with Gasteiger partial charge >= 0.3 is 0 Å². The van der Waals surface area contributed by atoms with Gasteiger partial charge in [-0.2, -0.15) is 0 Å². The number of carbonyl (C=O) groups excluding carboxylic acids is 1. The Bertz CT molecular complexity index is 841. The molecule has 0 radical (unpaired) electrons. The van der Waals surface area contributed by atoms with Gasteiger partial charge in [-0.25, -0.2) is 0 Å².